The third-order valence-corrected chi connectivity index (χ3v) is 7.58. The molecule has 4 fully saturated rings. The number of rotatable bonds is 10. The maximum atomic E-state index is 12.6. The molecule has 0 aromatic carbocycles. The number of ketones is 2. The quantitative estimate of drug-likeness (QED) is 0.450. The van der Waals surface area contributed by atoms with E-state index >= 15 is 0 Å². The summed E-state index contributed by atoms with van der Waals surface area (Å²) in [5.41, 5.74) is 0. The minimum absolute atomic E-state index is 0.0153. The predicted molar refractivity (Wildman–Crippen MR) is 116 cm³/mol. The van der Waals surface area contributed by atoms with Crippen LogP contribution in [0.3, 0.4) is 0 Å². The monoisotopic (exact) mass is 470 g/mol. The summed E-state index contributed by atoms with van der Waals surface area (Å²) in [4.78, 5) is 24.8. The van der Waals surface area contributed by atoms with E-state index in [1.165, 1.54) is 0 Å². The molecule has 0 aromatic heterocycles. The molecule has 4 aliphatic rings. The number of hydrogen-bond donors (Lipinski definition) is 2. The van der Waals surface area contributed by atoms with E-state index in [9.17, 15) is 19.8 Å². The maximum Gasteiger partial charge on any atom is 0.135 e. The molecule has 0 bridgehead atoms. The van der Waals surface area contributed by atoms with Crippen LogP contribution in [0.5, 0.6) is 0 Å². The van der Waals surface area contributed by atoms with Crippen molar-refractivity contribution in [3.05, 3.63) is 0 Å². The van der Waals surface area contributed by atoms with Gasteiger partial charge < -0.3 is 33.9 Å². The fourth-order valence-electron chi connectivity index (χ4n) is 5.66. The van der Waals surface area contributed by atoms with Gasteiger partial charge in [0.05, 0.1) is 24.4 Å². The molecule has 4 rings (SSSR count). The van der Waals surface area contributed by atoms with Crippen molar-refractivity contribution < 1.29 is 43.5 Å². The smallest absolute Gasteiger partial charge is 0.135 e. The van der Waals surface area contributed by atoms with Gasteiger partial charge in [0.15, 0.2) is 0 Å². The Balaban J connectivity index is 1.29. The molecule has 0 radical (unpaired) electrons. The van der Waals surface area contributed by atoms with Crippen molar-refractivity contribution in [2.24, 2.45) is 5.92 Å². The SMILES string of the molecule is COCCCC(=O)CC1OC2C(O)[C@H]3OC(CC(=O)CC4CCO[C@H]4C)CCC3O[C@H]2C1O. The number of hydrogen-bond acceptors (Lipinski definition) is 9. The molecule has 33 heavy (non-hydrogen) atoms. The highest BCUT2D eigenvalue weighted by atomic mass is 16.6. The topological polar surface area (TPSA) is 121 Å². The number of Topliss-reactive ketones (excluding diaryl/α,β-unsaturated/α-hetero) is 2. The Hall–Kier alpha value is -0.940. The Kier molecular flexibility index (Phi) is 8.54. The standard InChI is InChI=1S/C24H38O9/c1-13-14(7-9-30-13)10-16(26)11-17-5-6-18-22(31-17)21(28)24-23(32-18)20(27)19(33-24)12-15(25)4-3-8-29-2/h13-14,17-24,27-28H,3-12H2,1-2H3/t13-,14?,17?,18?,19?,20?,21?,22-,23-,24?/m0/s1. The number of aliphatic hydroxyl groups is 2. The highest BCUT2D eigenvalue weighted by Crippen LogP contribution is 2.40. The average molecular weight is 471 g/mol. The zero-order chi connectivity index (χ0) is 23.5. The molecule has 0 spiro atoms. The van der Waals surface area contributed by atoms with Crippen molar-refractivity contribution in [2.75, 3.05) is 20.3 Å². The fraction of sp³-hybridized carbons (Fsp3) is 0.917. The van der Waals surface area contributed by atoms with Crippen LogP contribution in [0.25, 0.3) is 0 Å². The summed E-state index contributed by atoms with van der Waals surface area (Å²) >= 11 is 0. The summed E-state index contributed by atoms with van der Waals surface area (Å²) in [6.45, 7) is 3.22. The highest BCUT2D eigenvalue weighted by Gasteiger charge is 2.57. The minimum Gasteiger partial charge on any atom is -0.388 e. The van der Waals surface area contributed by atoms with Gasteiger partial charge >= 0.3 is 0 Å². The lowest BCUT2D eigenvalue weighted by atomic mass is 9.86. The third-order valence-electron chi connectivity index (χ3n) is 7.58. The second kappa shape index (κ2) is 11.2. The molecule has 4 aliphatic heterocycles. The summed E-state index contributed by atoms with van der Waals surface area (Å²) in [7, 11) is 1.59. The van der Waals surface area contributed by atoms with Crippen molar-refractivity contribution in [2.45, 2.75) is 113 Å². The Morgan fingerprint density at radius 1 is 0.909 bits per heavy atom. The molecule has 7 unspecified atom stereocenters. The lowest BCUT2D eigenvalue weighted by Gasteiger charge is -2.46. The first-order valence-corrected chi connectivity index (χ1v) is 12.3. The van der Waals surface area contributed by atoms with Crippen molar-refractivity contribution in [1.29, 1.82) is 0 Å². The first-order chi connectivity index (χ1) is 15.9. The molecular weight excluding hydrogens is 432 g/mol. The largest absolute Gasteiger partial charge is 0.388 e. The number of ether oxygens (including phenoxy) is 5. The second-order valence-corrected chi connectivity index (χ2v) is 9.97. The van der Waals surface area contributed by atoms with Gasteiger partial charge in [0.25, 0.3) is 0 Å². The molecule has 0 aliphatic carbocycles. The molecular formula is C24H38O9. The fourth-order valence-corrected chi connectivity index (χ4v) is 5.66. The predicted octanol–water partition coefficient (Wildman–Crippen LogP) is 0.951. The Labute approximate surface area is 195 Å². The lowest BCUT2D eigenvalue weighted by molar-refractivity contribution is -0.259. The van der Waals surface area contributed by atoms with E-state index in [0.29, 0.717) is 51.7 Å². The van der Waals surface area contributed by atoms with E-state index in [-0.39, 0.29) is 42.2 Å². The molecule has 9 nitrogen and oxygen atoms in total. The van der Waals surface area contributed by atoms with Crippen LogP contribution < -0.4 is 0 Å². The van der Waals surface area contributed by atoms with Crippen molar-refractivity contribution in [1.82, 2.24) is 0 Å². The molecule has 0 aromatic rings. The van der Waals surface area contributed by atoms with E-state index in [1.54, 1.807) is 7.11 Å². The molecule has 9 heteroatoms. The average Bonchev–Trinajstić information content (AvgIpc) is 3.32. The van der Waals surface area contributed by atoms with E-state index in [2.05, 4.69) is 0 Å². The Morgan fingerprint density at radius 2 is 1.70 bits per heavy atom. The van der Waals surface area contributed by atoms with Gasteiger partial charge in [-0.15, -0.1) is 0 Å². The Morgan fingerprint density at radius 3 is 2.42 bits per heavy atom. The molecule has 10 atom stereocenters. The summed E-state index contributed by atoms with van der Waals surface area (Å²) < 4.78 is 28.6. The summed E-state index contributed by atoms with van der Waals surface area (Å²) in [5, 5.41) is 21.7. The first kappa shape index (κ1) is 25.2. The van der Waals surface area contributed by atoms with Crippen LogP contribution >= 0.6 is 0 Å². The number of methoxy groups -OCH3 is 1. The molecule has 188 valence electrons. The van der Waals surface area contributed by atoms with Gasteiger partial charge in [0.2, 0.25) is 0 Å². The van der Waals surface area contributed by atoms with Gasteiger partial charge in [-0.25, -0.2) is 0 Å². The van der Waals surface area contributed by atoms with E-state index in [4.69, 9.17) is 23.7 Å². The highest BCUT2D eigenvalue weighted by molar-refractivity contribution is 5.79. The minimum atomic E-state index is -0.988. The van der Waals surface area contributed by atoms with Gasteiger partial charge in [-0.05, 0) is 38.5 Å². The van der Waals surface area contributed by atoms with Gasteiger partial charge in [-0.3, -0.25) is 9.59 Å². The number of carbonyl (C=O) groups excluding carboxylic acids is 2. The number of fused-ring (bicyclic) bond motifs is 2. The molecule has 0 amide bonds. The van der Waals surface area contributed by atoms with E-state index < -0.39 is 36.6 Å². The molecule has 0 saturated carbocycles. The van der Waals surface area contributed by atoms with Crippen LogP contribution in [0.2, 0.25) is 0 Å². The third kappa shape index (κ3) is 5.83. The van der Waals surface area contributed by atoms with Crippen molar-refractivity contribution >= 4 is 11.6 Å². The van der Waals surface area contributed by atoms with Crippen LogP contribution in [0.4, 0.5) is 0 Å². The van der Waals surface area contributed by atoms with Crippen LogP contribution in [0.1, 0.15) is 58.3 Å². The van der Waals surface area contributed by atoms with E-state index in [0.717, 1.165) is 6.42 Å². The van der Waals surface area contributed by atoms with Crippen LogP contribution in [0.15, 0.2) is 0 Å². The maximum absolute atomic E-state index is 12.6. The van der Waals surface area contributed by atoms with Gasteiger partial charge in [0.1, 0.15) is 42.1 Å². The molecule has 4 saturated heterocycles. The van der Waals surface area contributed by atoms with Gasteiger partial charge in [-0.2, -0.15) is 0 Å². The van der Waals surface area contributed by atoms with Crippen molar-refractivity contribution in [3.8, 4) is 0 Å². The van der Waals surface area contributed by atoms with Gasteiger partial charge in [0, 0.05) is 46.0 Å². The normalized spacial score (nSPS) is 42.7. The second-order valence-electron chi connectivity index (χ2n) is 9.97. The summed E-state index contributed by atoms with van der Waals surface area (Å²) in [5.74, 6) is 0.406. The number of aliphatic hydroxyl groups excluding tert-OH is 2. The van der Waals surface area contributed by atoms with Crippen LogP contribution in [0, 0.1) is 5.92 Å². The first-order valence-electron chi connectivity index (χ1n) is 12.3. The lowest BCUT2D eigenvalue weighted by Crippen LogP contribution is -2.61. The summed E-state index contributed by atoms with van der Waals surface area (Å²) in [6.07, 6.45) is -1.20. The summed E-state index contributed by atoms with van der Waals surface area (Å²) in [6, 6.07) is 0. The number of carbonyl (C=O) groups is 2. The Bertz CT molecular complexity index is 685. The zero-order valence-electron chi connectivity index (χ0n) is 19.6. The van der Waals surface area contributed by atoms with Crippen LogP contribution in [-0.2, 0) is 33.3 Å². The van der Waals surface area contributed by atoms with Gasteiger partial charge in [-0.1, -0.05) is 0 Å². The zero-order valence-corrected chi connectivity index (χ0v) is 19.6. The van der Waals surface area contributed by atoms with Crippen molar-refractivity contribution in [3.63, 3.8) is 0 Å². The molecule has 2 N–H and O–H groups in total. The van der Waals surface area contributed by atoms with Crippen LogP contribution in [-0.4, -0.2) is 97.0 Å². The molecule has 4 heterocycles. The van der Waals surface area contributed by atoms with E-state index in [1.807, 2.05) is 6.92 Å².